The molecule has 1 aromatic carbocycles. The summed E-state index contributed by atoms with van der Waals surface area (Å²) < 4.78 is 10.4. The summed E-state index contributed by atoms with van der Waals surface area (Å²) in [6.07, 6.45) is 7.88. The molecule has 21 heavy (non-hydrogen) atoms. The maximum absolute atomic E-state index is 11.7. The predicted octanol–water partition coefficient (Wildman–Crippen LogP) is 3.41. The van der Waals surface area contributed by atoms with Crippen molar-refractivity contribution in [3.63, 3.8) is 0 Å². The van der Waals surface area contributed by atoms with Gasteiger partial charge in [-0.1, -0.05) is 26.2 Å². The second-order valence-corrected chi connectivity index (χ2v) is 4.79. The van der Waals surface area contributed by atoms with Crippen LogP contribution in [0.5, 0.6) is 11.5 Å². The van der Waals surface area contributed by atoms with E-state index >= 15 is 0 Å². The lowest BCUT2D eigenvalue weighted by Gasteiger charge is -2.07. The average molecular weight is 291 g/mol. The molecule has 4 nitrogen and oxygen atoms in total. The highest BCUT2D eigenvalue weighted by Crippen LogP contribution is 2.25. The first kappa shape index (κ1) is 17.1. The van der Waals surface area contributed by atoms with Gasteiger partial charge >= 0.3 is 0 Å². The Bertz CT molecular complexity index is 469. The SMILES string of the molecule is CCCCCCNC(=O)C=Cc1ccc(OC)cc1OC. The van der Waals surface area contributed by atoms with Crippen molar-refractivity contribution in [1.82, 2.24) is 5.32 Å². The molecule has 0 bridgehead atoms. The largest absolute Gasteiger partial charge is 0.497 e. The van der Waals surface area contributed by atoms with Crippen LogP contribution >= 0.6 is 0 Å². The van der Waals surface area contributed by atoms with Crippen LogP contribution in [0, 0.1) is 0 Å². The second kappa shape index (κ2) is 9.86. The van der Waals surface area contributed by atoms with Crippen molar-refractivity contribution in [2.24, 2.45) is 0 Å². The second-order valence-electron chi connectivity index (χ2n) is 4.79. The van der Waals surface area contributed by atoms with Gasteiger partial charge in [0, 0.05) is 24.3 Å². The van der Waals surface area contributed by atoms with Crippen LogP contribution in [0.4, 0.5) is 0 Å². The standard InChI is InChI=1S/C17H25NO3/c1-4-5-6-7-12-18-17(19)11-9-14-8-10-15(20-2)13-16(14)21-3/h8-11,13H,4-7,12H2,1-3H3,(H,18,19). The molecule has 1 rings (SSSR count). The Kier molecular flexibility index (Phi) is 8.02. The summed E-state index contributed by atoms with van der Waals surface area (Å²) in [5, 5.41) is 2.88. The summed E-state index contributed by atoms with van der Waals surface area (Å²) in [5.41, 5.74) is 0.847. The normalized spacial score (nSPS) is 10.6. The smallest absolute Gasteiger partial charge is 0.244 e. The zero-order valence-electron chi connectivity index (χ0n) is 13.1. The Morgan fingerprint density at radius 2 is 2.00 bits per heavy atom. The first-order chi connectivity index (χ1) is 10.2. The zero-order valence-corrected chi connectivity index (χ0v) is 13.1. The molecule has 116 valence electrons. The Morgan fingerprint density at radius 3 is 2.67 bits per heavy atom. The summed E-state index contributed by atoms with van der Waals surface area (Å²) in [6, 6.07) is 5.50. The molecule has 1 aromatic rings. The summed E-state index contributed by atoms with van der Waals surface area (Å²) >= 11 is 0. The third kappa shape index (κ3) is 6.34. The Hall–Kier alpha value is -1.97. The highest BCUT2D eigenvalue weighted by Gasteiger charge is 2.02. The predicted molar refractivity (Wildman–Crippen MR) is 85.7 cm³/mol. The van der Waals surface area contributed by atoms with Crippen molar-refractivity contribution in [3.8, 4) is 11.5 Å². The van der Waals surface area contributed by atoms with Crippen LogP contribution in [-0.4, -0.2) is 26.7 Å². The number of carbonyl (C=O) groups excluding carboxylic acids is 1. The molecule has 0 aliphatic rings. The molecule has 0 radical (unpaired) electrons. The van der Waals surface area contributed by atoms with Crippen molar-refractivity contribution < 1.29 is 14.3 Å². The fraction of sp³-hybridized carbons (Fsp3) is 0.471. The fourth-order valence-corrected chi connectivity index (χ4v) is 1.94. The van der Waals surface area contributed by atoms with E-state index in [1.165, 1.54) is 18.9 Å². The van der Waals surface area contributed by atoms with Gasteiger partial charge in [-0.25, -0.2) is 0 Å². The van der Waals surface area contributed by atoms with Gasteiger partial charge in [0.05, 0.1) is 14.2 Å². The molecule has 0 aliphatic carbocycles. The van der Waals surface area contributed by atoms with Crippen LogP contribution in [0.2, 0.25) is 0 Å². The van der Waals surface area contributed by atoms with E-state index in [1.807, 2.05) is 12.1 Å². The van der Waals surface area contributed by atoms with Crippen molar-refractivity contribution >= 4 is 12.0 Å². The number of unbranched alkanes of at least 4 members (excludes halogenated alkanes) is 3. The van der Waals surface area contributed by atoms with Crippen LogP contribution in [0.15, 0.2) is 24.3 Å². The minimum absolute atomic E-state index is 0.0793. The van der Waals surface area contributed by atoms with E-state index in [9.17, 15) is 4.79 Å². The number of methoxy groups -OCH3 is 2. The molecule has 1 amide bonds. The highest BCUT2D eigenvalue weighted by atomic mass is 16.5. The van der Waals surface area contributed by atoms with Crippen LogP contribution in [-0.2, 0) is 4.79 Å². The number of hydrogen-bond acceptors (Lipinski definition) is 3. The van der Waals surface area contributed by atoms with Crippen LogP contribution in [0.25, 0.3) is 6.08 Å². The number of hydrogen-bond donors (Lipinski definition) is 1. The van der Waals surface area contributed by atoms with E-state index < -0.39 is 0 Å². The third-order valence-electron chi connectivity index (χ3n) is 3.18. The van der Waals surface area contributed by atoms with E-state index in [-0.39, 0.29) is 5.91 Å². The summed E-state index contributed by atoms with van der Waals surface area (Å²) in [7, 11) is 3.20. The number of rotatable bonds is 9. The molecule has 0 spiro atoms. The molecule has 0 saturated heterocycles. The first-order valence-corrected chi connectivity index (χ1v) is 7.39. The van der Waals surface area contributed by atoms with E-state index in [0.29, 0.717) is 5.75 Å². The first-order valence-electron chi connectivity index (χ1n) is 7.39. The van der Waals surface area contributed by atoms with Gasteiger partial charge in [0.25, 0.3) is 0 Å². The summed E-state index contributed by atoms with van der Waals surface area (Å²) in [6.45, 7) is 2.90. The van der Waals surface area contributed by atoms with Crippen LogP contribution in [0.3, 0.4) is 0 Å². The minimum Gasteiger partial charge on any atom is -0.497 e. The summed E-state index contributed by atoms with van der Waals surface area (Å²) in [4.78, 5) is 11.7. The molecule has 0 heterocycles. The molecule has 0 aromatic heterocycles. The van der Waals surface area contributed by atoms with E-state index in [4.69, 9.17) is 9.47 Å². The Balaban J connectivity index is 2.50. The van der Waals surface area contributed by atoms with Crippen LogP contribution in [0.1, 0.15) is 38.2 Å². The highest BCUT2D eigenvalue weighted by molar-refractivity contribution is 5.92. The minimum atomic E-state index is -0.0793. The topological polar surface area (TPSA) is 47.6 Å². The fourth-order valence-electron chi connectivity index (χ4n) is 1.94. The van der Waals surface area contributed by atoms with Gasteiger partial charge in [-0.2, -0.15) is 0 Å². The lowest BCUT2D eigenvalue weighted by atomic mass is 10.1. The number of nitrogens with one attached hydrogen (secondary N) is 1. The lowest BCUT2D eigenvalue weighted by Crippen LogP contribution is -2.21. The number of carbonyl (C=O) groups is 1. The molecule has 0 aliphatic heterocycles. The van der Waals surface area contributed by atoms with E-state index in [2.05, 4.69) is 12.2 Å². The maximum atomic E-state index is 11.7. The van der Waals surface area contributed by atoms with Gasteiger partial charge in [0.2, 0.25) is 5.91 Å². The van der Waals surface area contributed by atoms with Crippen molar-refractivity contribution in [2.45, 2.75) is 32.6 Å². The molecule has 0 saturated carbocycles. The molecule has 4 heteroatoms. The number of benzene rings is 1. The quantitative estimate of drug-likeness (QED) is 0.560. The average Bonchev–Trinajstić information content (AvgIpc) is 2.52. The van der Waals surface area contributed by atoms with Crippen molar-refractivity contribution in [1.29, 1.82) is 0 Å². The summed E-state index contributed by atoms with van der Waals surface area (Å²) in [5.74, 6) is 1.33. The van der Waals surface area contributed by atoms with Gasteiger partial charge in [-0.15, -0.1) is 0 Å². The van der Waals surface area contributed by atoms with Crippen molar-refractivity contribution in [2.75, 3.05) is 20.8 Å². The molecule has 0 unspecified atom stereocenters. The van der Waals surface area contributed by atoms with Gasteiger partial charge in [-0.05, 0) is 24.6 Å². The molecular formula is C17H25NO3. The number of amides is 1. The monoisotopic (exact) mass is 291 g/mol. The van der Waals surface area contributed by atoms with E-state index in [0.717, 1.165) is 30.7 Å². The molecule has 1 N–H and O–H groups in total. The van der Waals surface area contributed by atoms with Gasteiger partial charge < -0.3 is 14.8 Å². The molecule has 0 fully saturated rings. The lowest BCUT2D eigenvalue weighted by molar-refractivity contribution is -0.116. The van der Waals surface area contributed by atoms with E-state index in [1.54, 1.807) is 26.4 Å². The maximum Gasteiger partial charge on any atom is 0.244 e. The molecular weight excluding hydrogens is 266 g/mol. The van der Waals surface area contributed by atoms with Gasteiger partial charge in [0.15, 0.2) is 0 Å². The zero-order chi connectivity index (χ0) is 15.5. The molecule has 0 atom stereocenters. The third-order valence-corrected chi connectivity index (χ3v) is 3.18. The van der Waals surface area contributed by atoms with Crippen molar-refractivity contribution in [3.05, 3.63) is 29.8 Å². The number of ether oxygens (including phenoxy) is 2. The Morgan fingerprint density at radius 1 is 1.19 bits per heavy atom. The Labute approximate surface area is 127 Å². The van der Waals surface area contributed by atoms with Gasteiger partial charge in [-0.3, -0.25) is 4.79 Å². The van der Waals surface area contributed by atoms with Crippen LogP contribution < -0.4 is 14.8 Å². The van der Waals surface area contributed by atoms with Gasteiger partial charge in [0.1, 0.15) is 11.5 Å².